The van der Waals surface area contributed by atoms with Gasteiger partial charge < -0.3 is 5.73 Å². The number of hydrogen-bond donors (Lipinski definition) is 1. The predicted molar refractivity (Wildman–Crippen MR) is 53.3 cm³/mol. The molecule has 0 bridgehead atoms. The summed E-state index contributed by atoms with van der Waals surface area (Å²) < 4.78 is 23.1. The van der Waals surface area contributed by atoms with Crippen LogP contribution in [0.3, 0.4) is 0 Å². The minimum absolute atomic E-state index is 0.0854. The molecule has 0 amide bonds. The fourth-order valence-corrected chi connectivity index (χ4v) is 2.52. The van der Waals surface area contributed by atoms with E-state index in [1.807, 2.05) is 0 Å². The van der Waals surface area contributed by atoms with Gasteiger partial charge in [-0.3, -0.25) is 0 Å². The Morgan fingerprint density at radius 3 is 2.46 bits per heavy atom. The maximum absolute atomic E-state index is 11.6. The van der Waals surface area contributed by atoms with Gasteiger partial charge in [0.05, 0.1) is 16.3 Å². The molecule has 0 aliphatic carbocycles. The van der Waals surface area contributed by atoms with Gasteiger partial charge in [0.1, 0.15) is 0 Å². The first kappa shape index (κ1) is 10.1. The minimum Gasteiger partial charge on any atom is -0.398 e. The first-order chi connectivity index (χ1) is 5.99. The van der Waals surface area contributed by atoms with Crippen LogP contribution in [0.1, 0.15) is 12.5 Å². The van der Waals surface area contributed by atoms with E-state index in [4.69, 9.17) is 5.73 Å². The van der Waals surface area contributed by atoms with Gasteiger partial charge in [0, 0.05) is 0 Å². The summed E-state index contributed by atoms with van der Waals surface area (Å²) in [4.78, 5) is 0.275. The van der Waals surface area contributed by atoms with E-state index >= 15 is 0 Å². The standard InChI is InChI=1S/C9H13NO2S/c1-3-13(11,12)9-7(2)5-4-6-8(9)10/h4-6H,3,10H2,1-2H3. The Labute approximate surface area is 78.5 Å². The van der Waals surface area contributed by atoms with Crippen LogP contribution in [0.5, 0.6) is 0 Å². The highest BCUT2D eigenvalue weighted by atomic mass is 32.2. The Bertz CT molecular complexity index is 389. The molecule has 1 aromatic carbocycles. The van der Waals surface area contributed by atoms with Gasteiger partial charge in [-0.1, -0.05) is 19.1 Å². The van der Waals surface area contributed by atoms with Crippen molar-refractivity contribution < 1.29 is 8.42 Å². The molecule has 0 heterocycles. The van der Waals surface area contributed by atoms with Gasteiger partial charge in [0.2, 0.25) is 0 Å². The molecule has 1 rings (SSSR count). The van der Waals surface area contributed by atoms with Gasteiger partial charge in [-0.2, -0.15) is 0 Å². The Balaban J connectivity index is 3.46. The first-order valence-electron chi connectivity index (χ1n) is 4.07. The lowest BCUT2D eigenvalue weighted by Crippen LogP contribution is -2.08. The summed E-state index contributed by atoms with van der Waals surface area (Å²) in [5.41, 5.74) is 6.65. The van der Waals surface area contributed by atoms with Gasteiger partial charge in [0.15, 0.2) is 9.84 Å². The molecular weight excluding hydrogens is 186 g/mol. The summed E-state index contributed by atoms with van der Waals surface area (Å²) in [5.74, 6) is 0.0854. The highest BCUT2D eigenvalue weighted by molar-refractivity contribution is 7.91. The fourth-order valence-electron chi connectivity index (χ4n) is 1.24. The van der Waals surface area contributed by atoms with Crippen LogP contribution in [0.2, 0.25) is 0 Å². The number of benzene rings is 1. The number of rotatable bonds is 2. The quantitative estimate of drug-likeness (QED) is 0.732. The normalized spacial score (nSPS) is 11.5. The van der Waals surface area contributed by atoms with E-state index < -0.39 is 9.84 Å². The molecule has 0 saturated carbocycles. The van der Waals surface area contributed by atoms with E-state index in [-0.39, 0.29) is 10.6 Å². The van der Waals surface area contributed by atoms with E-state index in [1.54, 1.807) is 32.0 Å². The second-order valence-corrected chi connectivity index (χ2v) is 5.11. The van der Waals surface area contributed by atoms with Crippen molar-refractivity contribution in [3.05, 3.63) is 23.8 Å². The van der Waals surface area contributed by atoms with Gasteiger partial charge in [-0.15, -0.1) is 0 Å². The van der Waals surface area contributed by atoms with E-state index in [0.717, 1.165) is 0 Å². The highest BCUT2D eigenvalue weighted by Crippen LogP contribution is 2.22. The predicted octanol–water partition coefficient (Wildman–Crippen LogP) is 1.37. The van der Waals surface area contributed by atoms with Crippen LogP contribution in [-0.4, -0.2) is 14.2 Å². The molecule has 3 nitrogen and oxygen atoms in total. The van der Waals surface area contributed by atoms with Crippen molar-refractivity contribution in [1.82, 2.24) is 0 Å². The average molecular weight is 199 g/mol. The summed E-state index contributed by atoms with van der Waals surface area (Å²) >= 11 is 0. The highest BCUT2D eigenvalue weighted by Gasteiger charge is 2.17. The number of nitrogen functional groups attached to an aromatic ring is 1. The Kier molecular flexibility index (Phi) is 2.61. The van der Waals surface area contributed by atoms with Crippen molar-refractivity contribution in [1.29, 1.82) is 0 Å². The molecule has 0 fully saturated rings. The van der Waals surface area contributed by atoms with Crippen LogP contribution in [-0.2, 0) is 9.84 Å². The molecule has 0 radical (unpaired) electrons. The second-order valence-electron chi connectivity index (χ2n) is 2.90. The number of aryl methyl sites for hydroxylation is 1. The SMILES string of the molecule is CCS(=O)(=O)c1c(C)cccc1N. The molecule has 0 aromatic heterocycles. The maximum Gasteiger partial charge on any atom is 0.180 e. The van der Waals surface area contributed by atoms with Crippen molar-refractivity contribution in [2.24, 2.45) is 0 Å². The number of anilines is 1. The zero-order valence-corrected chi connectivity index (χ0v) is 8.56. The molecule has 13 heavy (non-hydrogen) atoms. The van der Waals surface area contributed by atoms with Gasteiger partial charge in [0.25, 0.3) is 0 Å². The van der Waals surface area contributed by atoms with Crippen LogP contribution < -0.4 is 5.73 Å². The fraction of sp³-hybridized carbons (Fsp3) is 0.333. The third kappa shape index (κ3) is 1.83. The molecule has 1 aromatic rings. The molecule has 2 N–H and O–H groups in total. The first-order valence-corrected chi connectivity index (χ1v) is 5.72. The topological polar surface area (TPSA) is 60.2 Å². The lowest BCUT2D eigenvalue weighted by atomic mass is 10.2. The molecule has 4 heteroatoms. The number of hydrogen-bond acceptors (Lipinski definition) is 3. The Hall–Kier alpha value is -1.03. The lowest BCUT2D eigenvalue weighted by Gasteiger charge is -2.07. The van der Waals surface area contributed by atoms with E-state index in [9.17, 15) is 8.42 Å². The smallest absolute Gasteiger partial charge is 0.180 e. The largest absolute Gasteiger partial charge is 0.398 e. The summed E-state index contributed by atoms with van der Waals surface area (Å²) in [7, 11) is -3.18. The second kappa shape index (κ2) is 3.38. The van der Waals surface area contributed by atoms with Gasteiger partial charge >= 0.3 is 0 Å². The molecule has 0 aliphatic rings. The molecule has 0 spiro atoms. The van der Waals surface area contributed by atoms with E-state index in [0.29, 0.717) is 11.3 Å². The van der Waals surface area contributed by atoms with Crippen molar-refractivity contribution >= 4 is 15.5 Å². The summed E-state index contributed by atoms with van der Waals surface area (Å²) in [5, 5.41) is 0. The van der Waals surface area contributed by atoms with E-state index in [2.05, 4.69) is 0 Å². The maximum atomic E-state index is 11.6. The lowest BCUT2D eigenvalue weighted by molar-refractivity contribution is 0.597. The van der Waals surface area contributed by atoms with Gasteiger partial charge in [-0.25, -0.2) is 8.42 Å². The van der Waals surface area contributed by atoms with Crippen molar-refractivity contribution in [2.75, 3.05) is 11.5 Å². The third-order valence-electron chi connectivity index (χ3n) is 1.93. The molecule has 72 valence electrons. The van der Waals surface area contributed by atoms with Crippen molar-refractivity contribution in [3.63, 3.8) is 0 Å². The Morgan fingerprint density at radius 1 is 1.38 bits per heavy atom. The summed E-state index contributed by atoms with van der Waals surface area (Å²) in [6.07, 6.45) is 0. The summed E-state index contributed by atoms with van der Waals surface area (Å²) in [6, 6.07) is 5.10. The van der Waals surface area contributed by atoms with Crippen LogP contribution in [0.15, 0.2) is 23.1 Å². The van der Waals surface area contributed by atoms with Crippen LogP contribution >= 0.6 is 0 Å². The Morgan fingerprint density at radius 2 is 2.00 bits per heavy atom. The van der Waals surface area contributed by atoms with Crippen LogP contribution in [0.25, 0.3) is 0 Å². The number of nitrogens with two attached hydrogens (primary N) is 1. The molecule has 0 aliphatic heterocycles. The molecule has 0 saturated heterocycles. The van der Waals surface area contributed by atoms with Crippen LogP contribution in [0.4, 0.5) is 5.69 Å². The average Bonchev–Trinajstić information content (AvgIpc) is 2.03. The van der Waals surface area contributed by atoms with Crippen molar-refractivity contribution in [3.8, 4) is 0 Å². The zero-order chi connectivity index (χ0) is 10.1. The molecular formula is C9H13NO2S. The van der Waals surface area contributed by atoms with E-state index in [1.165, 1.54) is 0 Å². The van der Waals surface area contributed by atoms with Crippen LogP contribution in [0, 0.1) is 6.92 Å². The zero-order valence-electron chi connectivity index (χ0n) is 7.74. The molecule has 0 atom stereocenters. The minimum atomic E-state index is -3.18. The summed E-state index contributed by atoms with van der Waals surface area (Å²) in [6.45, 7) is 3.36. The van der Waals surface area contributed by atoms with Gasteiger partial charge in [-0.05, 0) is 18.6 Å². The molecule has 0 unspecified atom stereocenters. The number of sulfone groups is 1. The van der Waals surface area contributed by atoms with Crippen molar-refractivity contribution in [2.45, 2.75) is 18.7 Å². The third-order valence-corrected chi connectivity index (χ3v) is 3.87. The monoisotopic (exact) mass is 199 g/mol.